The Balaban J connectivity index is 1.32. The van der Waals surface area contributed by atoms with E-state index in [-0.39, 0.29) is 11.8 Å². The first-order valence-electron chi connectivity index (χ1n) is 9.99. The molecule has 2 saturated heterocycles. The van der Waals surface area contributed by atoms with E-state index in [0.717, 1.165) is 51.0 Å². The van der Waals surface area contributed by atoms with E-state index in [0.29, 0.717) is 18.4 Å². The number of piperidine rings is 1. The second-order valence-electron chi connectivity index (χ2n) is 7.51. The molecule has 5 nitrogen and oxygen atoms in total. The molecule has 1 atom stereocenters. The Kier molecular flexibility index (Phi) is 7.08. The molecule has 144 valence electrons. The second kappa shape index (κ2) is 9.51. The molecule has 0 radical (unpaired) electrons. The lowest BCUT2D eigenvalue weighted by molar-refractivity contribution is -0.121. The van der Waals surface area contributed by atoms with Crippen LogP contribution < -0.4 is 5.32 Å². The molecule has 3 rings (SSSR count). The zero-order chi connectivity index (χ0) is 18.4. The van der Waals surface area contributed by atoms with E-state index in [9.17, 15) is 9.59 Å². The maximum Gasteiger partial charge on any atom is 0.254 e. The molecular formula is C20H31N3O2S. The number of carbonyl (C=O) groups excluding carboxylic acids is 2. The van der Waals surface area contributed by atoms with E-state index < -0.39 is 0 Å². The molecule has 2 aliphatic heterocycles. The van der Waals surface area contributed by atoms with Crippen LogP contribution >= 0.6 is 11.3 Å². The van der Waals surface area contributed by atoms with Crippen LogP contribution in [-0.2, 0) is 4.79 Å². The summed E-state index contributed by atoms with van der Waals surface area (Å²) < 4.78 is 0. The quantitative estimate of drug-likeness (QED) is 0.795. The van der Waals surface area contributed by atoms with E-state index in [1.54, 1.807) is 11.3 Å². The maximum atomic E-state index is 12.4. The molecule has 0 bridgehead atoms. The Labute approximate surface area is 160 Å². The third kappa shape index (κ3) is 5.07. The van der Waals surface area contributed by atoms with E-state index in [2.05, 4.69) is 17.1 Å². The standard InChI is InChI=1S/C20H31N3O2S/c1-2-22-10-3-4-18(22)14-21-19(24)6-5-16-7-11-23(12-8-16)20(25)17-9-13-26-15-17/h9,13,15-16,18H,2-8,10-12,14H2,1H3,(H,21,24)/t18-/m0/s1. The molecule has 0 aromatic carbocycles. The van der Waals surface area contributed by atoms with Crippen LogP contribution in [0, 0.1) is 5.92 Å². The lowest BCUT2D eigenvalue weighted by atomic mass is 9.92. The smallest absolute Gasteiger partial charge is 0.254 e. The van der Waals surface area contributed by atoms with Crippen molar-refractivity contribution in [2.24, 2.45) is 5.92 Å². The molecule has 2 amide bonds. The van der Waals surface area contributed by atoms with Gasteiger partial charge in [0.25, 0.3) is 5.91 Å². The summed E-state index contributed by atoms with van der Waals surface area (Å²) in [5.74, 6) is 0.898. The number of nitrogens with one attached hydrogen (secondary N) is 1. The van der Waals surface area contributed by atoms with Crippen molar-refractivity contribution in [1.82, 2.24) is 15.1 Å². The number of nitrogens with zero attached hydrogens (tertiary/aromatic N) is 2. The Bertz CT molecular complexity index is 582. The average molecular weight is 378 g/mol. The predicted molar refractivity (Wildman–Crippen MR) is 105 cm³/mol. The average Bonchev–Trinajstić information content (AvgIpc) is 3.36. The Morgan fingerprint density at radius 2 is 2.04 bits per heavy atom. The highest BCUT2D eigenvalue weighted by molar-refractivity contribution is 7.08. The zero-order valence-corrected chi connectivity index (χ0v) is 16.6. The molecule has 26 heavy (non-hydrogen) atoms. The number of hydrogen-bond acceptors (Lipinski definition) is 4. The number of likely N-dealkylation sites (tertiary alicyclic amines) is 2. The largest absolute Gasteiger partial charge is 0.355 e. The highest BCUT2D eigenvalue weighted by atomic mass is 32.1. The van der Waals surface area contributed by atoms with Crippen molar-refractivity contribution in [2.75, 3.05) is 32.7 Å². The van der Waals surface area contributed by atoms with Crippen LogP contribution in [0.4, 0.5) is 0 Å². The van der Waals surface area contributed by atoms with Gasteiger partial charge in [-0.1, -0.05) is 6.92 Å². The molecular weight excluding hydrogens is 346 g/mol. The van der Waals surface area contributed by atoms with E-state index >= 15 is 0 Å². The lowest BCUT2D eigenvalue weighted by Crippen LogP contribution is -2.40. The fourth-order valence-electron chi connectivity index (χ4n) is 4.19. The third-order valence-electron chi connectivity index (χ3n) is 5.89. The third-order valence-corrected chi connectivity index (χ3v) is 6.57. The summed E-state index contributed by atoms with van der Waals surface area (Å²) in [7, 11) is 0. The molecule has 0 spiro atoms. The highest BCUT2D eigenvalue weighted by Gasteiger charge is 2.25. The van der Waals surface area contributed by atoms with Gasteiger partial charge in [-0.3, -0.25) is 14.5 Å². The summed E-state index contributed by atoms with van der Waals surface area (Å²) in [6.45, 7) is 6.85. The SMILES string of the molecule is CCN1CCC[C@H]1CNC(=O)CCC1CCN(C(=O)c2ccsc2)CC1. The molecule has 0 saturated carbocycles. The molecule has 1 N–H and O–H groups in total. The number of thiophene rings is 1. The van der Waals surface area contributed by atoms with Crippen molar-refractivity contribution in [3.8, 4) is 0 Å². The molecule has 3 heterocycles. The maximum absolute atomic E-state index is 12.4. The van der Waals surface area contributed by atoms with Gasteiger partial charge in [-0.2, -0.15) is 11.3 Å². The summed E-state index contributed by atoms with van der Waals surface area (Å²) in [5, 5.41) is 7.00. The minimum atomic E-state index is 0.152. The molecule has 2 aliphatic rings. The highest BCUT2D eigenvalue weighted by Crippen LogP contribution is 2.23. The normalized spacial score (nSPS) is 21.9. The van der Waals surface area contributed by atoms with Crippen molar-refractivity contribution < 1.29 is 9.59 Å². The van der Waals surface area contributed by atoms with E-state index in [1.165, 1.54) is 19.4 Å². The fraction of sp³-hybridized carbons (Fsp3) is 0.700. The predicted octanol–water partition coefficient (Wildman–Crippen LogP) is 2.98. The van der Waals surface area contributed by atoms with Crippen molar-refractivity contribution in [3.05, 3.63) is 22.4 Å². The number of carbonyl (C=O) groups is 2. The van der Waals surface area contributed by atoms with E-state index in [4.69, 9.17) is 0 Å². The zero-order valence-electron chi connectivity index (χ0n) is 15.8. The van der Waals surface area contributed by atoms with E-state index in [1.807, 2.05) is 21.7 Å². The van der Waals surface area contributed by atoms with Gasteiger partial charge in [-0.05, 0) is 62.6 Å². The summed E-state index contributed by atoms with van der Waals surface area (Å²) in [6, 6.07) is 2.42. The number of rotatable bonds is 7. The van der Waals surface area contributed by atoms with Gasteiger partial charge in [0.15, 0.2) is 0 Å². The van der Waals surface area contributed by atoms with Crippen LogP contribution in [-0.4, -0.2) is 60.4 Å². The summed E-state index contributed by atoms with van der Waals surface area (Å²) in [4.78, 5) is 28.9. The number of likely N-dealkylation sites (N-methyl/N-ethyl adjacent to an activating group) is 1. The summed E-state index contributed by atoms with van der Waals surface area (Å²) in [6.07, 6.45) is 6.02. The van der Waals surface area contributed by atoms with Crippen LogP contribution in [0.25, 0.3) is 0 Å². The minimum absolute atomic E-state index is 0.152. The van der Waals surface area contributed by atoms with Gasteiger partial charge in [-0.25, -0.2) is 0 Å². The molecule has 0 unspecified atom stereocenters. The van der Waals surface area contributed by atoms with Gasteiger partial charge in [0.05, 0.1) is 5.56 Å². The first-order chi connectivity index (χ1) is 12.7. The molecule has 1 aromatic rings. The fourth-order valence-corrected chi connectivity index (χ4v) is 4.82. The Morgan fingerprint density at radius 1 is 1.23 bits per heavy atom. The van der Waals surface area contributed by atoms with Gasteiger partial charge in [0, 0.05) is 37.5 Å². The van der Waals surface area contributed by atoms with Crippen molar-refractivity contribution in [1.29, 1.82) is 0 Å². The van der Waals surface area contributed by atoms with Crippen LogP contribution in [0.2, 0.25) is 0 Å². The van der Waals surface area contributed by atoms with Gasteiger partial charge >= 0.3 is 0 Å². The second-order valence-corrected chi connectivity index (χ2v) is 8.30. The number of amides is 2. The number of hydrogen-bond donors (Lipinski definition) is 1. The molecule has 2 fully saturated rings. The Hall–Kier alpha value is -1.40. The summed E-state index contributed by atoms with van der Waals surface area (Å²) >= 11 is 1.56. The monoisotopic (exact) mass is 377 g/mol. The topological polar surface area (TPSA) is 52.7 Å². The van der Waals surface area contributed by atoms with Crippen molar-refractivity contribution >= 4 is 23.2 Å². The first kappa shape index (κ1) is 19.4. The molecule has 1 aromatic heterocycles. The lowest BCUT2D eigenvalue weighted by Gasteiger charge is -2.32. The van der Waals surface area contributed by atoms with Crippen molar-refractivity contribution in [2.45, 2.75) is 51.5 Å². The van der Waals surface area contributed by atoms with Crippen LogP contribution in [0.1, 0.15) is 55.8 Å². The van der Waals surface area contributed by atoms with Crippen molar-refractivity contribution in [3.63, 3.8) is 0 Å². The first-order valence-corrected chi connectivity index (χ1v) is 10.9. The van der Waals surface area contributed by atoms with Gasteiger partial charge < -0.3 is 10.2 Å². The van der Waals surface area contributed by atoms with Crippen LogP contribution in [0.3, 0.4) is 0 Å². The minimum Gasteiger partial charge on any atom is -0.355 e. The van der Waals surface area contributed by atoms with Gasteiger partial charge in [0.2, 0.25) is 5.91 Å². The van der Waals surface area contributed by atoms with Gasteiger partial charge in [-0.15, -0.1) is 0 Å². The summed E-state index contributed by atoms with van der Waals surface area (Å²) in [5.41, 5.74) is 0.806. The Morgan fingerprint density at radius 3 is 2.73 bits per heavy atom. The molecule has 6 heteroatoms. The van der Waals surface area contributed by atoms with Crippen LogP contribution in [0.15, 0.2) is 16.8 Å². The molecule has 0 aliphatic carbocycles. The van der Waals surface area contributed by atoms with Crippen LogP contribution in [0.5, 0.6) is 0 Å². The van der Waals surface area contributed by atoms with Gasteiger partial charge in [0.1, 0.15) is 0 Å².